The molecule has 0 aromatic carbocycles. The van der Waals surface area contributed by atoms with Crippen LogP contribution in [-0.2, 0) is 4.74 Å². The van der Waals surface area contributed by atoms with Gasteiger partial charge in [0.15, 0.2) is 0 Å². The number of anilines is 2. The lowest BCUT2D eigenvalue weighted by molar-refractivity contribution is 0.0440. The van der Waals surface area contributed by atoms with Crippen LogP contribution in [0.4, 0.5) is 11.5 Å². The normalized spacial score (nSPS) is 20.5. The maximum atomic E-state index is 5.82. The number of hydrogen-bond donors (Lipinski definition) is 1. The van der Waals surface area contributed by atoms with Crippen molar-refractivity contribution >= 4 is 11.5 Å². The maximum Gasteiger partial charge on any atom is 0.123 e. The van der Waals surface area contributed by atoms with Gasteiger partial charge in [0.1, 0.15) is 5.82 Å². The SMILES string of the molecule is CCCOC1CCCN(c2ccc(N)nc2)C1. The number of nitrogens with zero attached hydrogens (tertiary/aromatic N) is 2. The number of aromatic nitrogens is 1. The molecule has 0 saturated carbocycles. The Hall–Kier alpha value is -1.29. The molecule has 1 unspecified atom stereocenters. The Labute approximate surface area is 103 Å². The summed E-state index contributed by atoms with van der Waals surface area (Å²) in [6, 6.07) is 3.89. The van der Waals surface area contributed by atoms with Gasteiger partial charge in [-0.3, -0.25) is 0 Å². The zero-order valence-corrected chi connectivity index (χ0v) is 10.4. The molecule has 1 atom stereocenters. The summed E-state index contributed by atoms with van der Waals surface area (Å²) in [4.78, 5) is 6.47. The van der Waals surface area contributed by atoms with E-state index < -0.39 is 0 Å². The number of hydrogen-bond acceptors (Lipinski definition) is 4. The second-order valence-corrected chi connectivity index (χ2v) is 4.52. The molecule has 2 rings (SSSR count). The van der Waals surface area contributed by atoms with Crippen molar-refractivity contribution in [3.63, 3.8) is 0 Å². The van der Waals surface area contributed by atoms with Crippen molar-refractivity contribution in [1.29, 1.82) is 0 Å². The average molecular weight is 235 g/mol. The van der Waals surface area contributed by atoms with E-state index >= 15 is 0 Å². The van der Waals surface area contributed by atoms with Crippen molar-refractivity contribution < 1.29 is 4.74 Å². The maximum absolute atomic E-state index is 5.82. The zero-order chi connectivity index (χ0) is 12.1. The Morgan fingerprint density at radius 3 is 3.12 bits per heavy atom. The highest BCUT2D eigenvalue weighted by Crippen LogP contribution is 2.21. The molecule has 0 bridgehead atoms. The highest BCUT2D eigenvalue weighted by Gasteiger charge is 2.20. The first-order valence-corrected chi connectivity index (χ1v) is 6.37. The fourth-order valence-electron chi connectivity index (χ4n) is 2.18. The number of ether oxygens (including phenoxy) is 1. The summed E-state index contributed by atoms with van der Waals surface area (Å²) in [7, 11) is 0. The summed E-state index contributed by atoms with van der Waals surface area (Å²) in [5, 5.41) is 0. The molecule has 1 aromatic rings. The zero-order valence-electron chi connectivity index (χ0n) is 10.4. The van der Waals surface area contributed by atoms with Crippen LogP contribution in [0, 0.1) is 0 Å². The molecule has 0 radical (unpaired) electrons. The van der Waals surface area contributed by atoms with E-state index in [2.05, 4.69) is 16.8 Å². The van der Waals surface area contributed by atoms with E-state index in [4.69, 9.17) is 10.5 Å². The molecule has 1 aromatic heterocycles. The second kappa shape index (κ2) is 5.87. The lowest BCUT2D eigenvalue weighted by Crippen LogP contribution is -2.39. The minimum atomic E-state index is 0.362. The predicted octanol–water partition coefficient (Wildman–Crippen LogP) is 2.06. The fourth-order valence-corrected chi connectivity index (χ4v) is 2.18. The Morgan fingerprint density at radius 1 is 1.53 bits per heavy atom. The molecule has 1 fully saturated rings. The molecule has 0 aliphatic carbocycles. The third kappa shape index (κ3) is 3.33. The molecule has 1 saturated heterocycles. The van der Waals surface area contributed by atoms with Gasteiger partial charge in [0.2, 0.25) is 0 Å². The van der Waals surface area contributed by atoms with Crippen molar-refractivity contribution in [3.05, 3.63) is 18.3 Å². The average Bonchev–Trinajstić information content (AvgIpc) is 2.37. The Kier molecular flexibility index (Phi) is 4.20. The van der Waals surface area contributed by atoms with Gasteiger partial charge in [-0.25, -0.2) is 4.98 Å². The standard InChI is InChI=1S/C13H21N3O/c1-2-8-17-12-4-3-7-16(10-12)11-5-6-13(14)15-9-11/h5-6,9,12H,2-4,7-8,10H2,1H3,(H2,14,15). The molecule has 94 valence electrons. The minimum Gasteiger partial charge on any atom is -0.384 e. The summed E-state index contributed by atoms with van der Waals surface area (Å²) in [6.07, 6.45) is 5.64. The van der Waals surface area contributed by atoms with Crippen molar-refractivity contribution in [3.8, 4) is 0 Å². The van der Waals surface area contributed by atoms with Gasteiger partial charge in [0, 0.05) is 19.7 Å². The van der Waals surface area contributed by atoms with Gasteiger partial charge >= 0.3 is 0 Å². The first kappa shape index (κ1) is 12.2. The van der Waals surface area contributed by atoms with Crippen LogP contribution in [0.1, 0.15) is 26.2 Å². The molecule has 2 N–H and O–H groups in total. The summed E-state index contributed by atoms with van der Waals surface area (Å²) in [5.74, 6) is 0.574. The number of rotatable bonds is 4. The summed E-state index contributed by atoms with van der Waals surface area (Å²) in [6.45, 7) is 5.05. The molecule has 1 aliphatic rings. The topological polar surface area (TPSA) is 51.4 Å². The van der Waals surface area contributed by atoms with Gasteiger partial charge in [-0.15, -0.1) is 0 Å². The molecule has 4 heteroatoms. The van der Waals surface area contributed by atoms with Gasteiger partial charge in [0.05, 0.1) is 18.0 Å². The predicted molar refractivity (Wildman–Crippen MR) is 70.1 cm³/mol. The summed E-state index contributed by atoms with van der Waals surface area (Å²) in [5.41, 5.74) is 6.74. The van der Waals surface area contributed by atoms with Crippen LogP contribution in [0.25, 0.3) is 0 Å². The Balaban J connectivity index is 1.94. The van der Waals surface area contributed by atoms with Crippen LogP contribution >= 0.6 is 0 Å². The van der Waals surface area contributed by atoms with Crippen molar-refractivity contribution in [2.45, 2.75) is 32.3 Å². The highest BCUT2D eigenvalue weighted by molar-refractivity contribution is 5.48. The van der Waals surface area contributed by atoms with Gasteiger partial charge in [0.25, 0.3) is 0 Å². The van der Waals surface area contributed by atoms with Gasteiger partial charge < -0.3 is 15.4 Å². The summed E-state index contributed by atoms with van der Waals surface area (Å²) < 4.78 is 5.82. The number of pyridine rings is 1. The van der Waals surface area contributed by atoms with E-state index in [9.17, 15) is 0 Å². The highest BCUT2D eigenvalue weighted by atomic mass is 16.5. The number of nitrogen functional groups attached to an aromatic ring is 1. The number of nitrogens with two attached hydrogens (primary N) is 1. The van der Waals surface area contributed by atoms with E-state index in [1.807, 2.05) is 18.3 Å². The van der Waals surface area contributed by atoms with Crippen molar-refractivity contribution in [2.75, 3.05) is 30.3 Å². The third-order valence-corrected chi connectivity index (χ3v) is 3.07. The largest absolute Gasteiger partial charge is 0.384 e. The lowest BCUT2D eigenvalue weighted by Gasteiger charge is -2.34. The van der Waals surface area contributed by atoms with Crippen molar-refractivity contribution in [2.24, 2.45) is 0 Å². The molecular formula is C13H21N3O. The first-order chi connectivity index (χ1) is 8.29. The molecule has 0 amide bonds. The quantitative estimate of drug-likeness (QED) is 0.868. The molecular weight excluding hydrogens is 214 g/mol. The van der Waals surface area contributed by atoms with Crippen LogP contribution < -0.4 is 10.6 Å². The van der Waals surface area contributed by atoms with E-state index in [1.54, 1.807) is 0 Å². The molecule has 2 heterocycles. The second-order valence-electron chi connectivity index (χ2n) is 4.52. The van der Waals surface area contributed by atoms with Gasteiger partial charge in [-0.1, -0.05) is 6.92 Å². The fraction of sp³-hybridized carbons (Fsp3) is 0.615. The van der Waals surface area contributed by atoms with Crippen molar-refractivity contribution in [1.82, 2.24) is 4.98 Å². The lowest BCUT2D eigenvalue weighted by atomic mass is 10.1. The third-order valence-electron chi connectivity index (χ3n) is 3.07. The van der Waals surface area contributed by atoms with Crippen LogP contribution in [0.15, 0.2) is 18.3 Å². The van der Waals surface area contributed by atoms with Crippen LogP contribution in [-0.4, -0.2) is 30.8 Å². The van der Waals surface area contributed by atoms with Crippen LogP contribution in [0.2, 0.25) is 0 Å². The van der Waals surface area contributed by atoms with E-state index in [0.29, 0.717) is 11.9 Å². The number of piperidine rings is 1. The Morgan fingerprint density at radius 2 is 2.41 bits per heavy atom. The molecule has 1 aliphatic heterocycles. The molecule has 0 spiro atoms. The van der Waals surface area contributed by atoms with Gasteiger partial charge in [-0.2, -0.15) is 0 Å². The van der Waals surface area contributed by atoms with Gasteiger partial charge in [-0.05, 0) is 31.4 Å². The van der Waals surface area contributed by atoms with E-state index in [-0.39, 0.29) is 0 Å². The van der Waals surface area contributed by atoms with Crippen LogP contribution in [0.5, 0.6) is 0 Å². The first-order valence-electron chi connectivity index (χ1n) is 6.37. The minimum absolute atomic E-state index is 0.362. The monoisotopic (exact) mass is 235 g/mol. The Bertz CT molecular complexity index is 339. The smallest absolute Gasteiger partial charge is 0.123 e. The molecule has 4 nitrogen and oxygen atoms in total. The van der Waals surface area contributed by atoms with E-state index in [1.165, 1.54) is 12.8 Å². The van der Waals surface area contributed by atoms with Crippen LogP contribution in [0.3, 0.4) is 0 Å². The molecule has 17 heavy (non-hydrogen) atoms. The van der Waals surface area contributed by atoms with E-state index in [0.717, 1.165) is 31.8 Å². The summed E-state index contributed by atoms with van der Waals surface area (Å²) >= 11 is 0.